The first-order chi connectivity index (χ1) is 18.1. The van der Waals surface area contributed by atoms with E-state index in [2.05, 4.69) is 10.6 Å². The summed E-state index contributed by atoms with van der Waals surface area (Å²) in [7, 11) is 0. The van der Waals surface area contributed by atoms with Crippen molar-refractivity contribution in [3.8, 4) is 11.8 Å². The third-order valence-electron chi connectivity index (χ3n) is 5.76. The molecule has 1 aliphatic rings. The molecule has 3 rings (SSSR count). The van der Waals surface area contributed by atoms with E-state index in [4.69, 9.17) is 26.3 Å². The first-order valence-corrected chi connectivity index (χ1v) is 12.6. The van der Waals surface area contributed by atoms with Gasteiger partial charge in [-0.3, -0.25) is 19.2 Å². The zero-order valence-electron chi connectivity index (χ0n) is 21.4. The maximum Gasteiger partial charge on any atom is 0.310 e. The lowest BCUT2D eigenvalue weighted by molar-refractivity contribution is -0.147. The summed E-state index contributed by atoms with van der Waals surface area (Å²) in [6.45, 7) is 5.87. The number of nitrogens with zero attached hydrogens (tertiary/aromatic N) is 2. The molecule has 10 nitrogen and oxygen atoms in total. The van der Waals surface area contributed by atoms with Crippen molar-refractivity contribution in [3.05, 3.63) is 47.0 Å². The van der Waals surface area contributed by atoms with Crippen molar-refractivity contribution in [1.29, 1.82) is 5.26 Å². The van der Waals surface area contributed by atoms with Crippen LogP contribution in [0.1, 0.15) is 45.6 Å². The van der Waals surface area contributed by atoms with Gasteiger partial charge < -0.3 is 25.0 Å². The third kappa shape index (κ3) is 7.23. The molecule has 200 valence electrons. The van der Waals surface area contributed by atoms with Crippen LogP contribution in [-0.2, 0) is 23.9 Å². The molecule has 2 atom stereocenters. The second kappa shape index (κ2) is 12.9. The number of esters is 1. The summed E-state index contributed by atoms with van der Waals surface area (Å²) in [6, 6.07) is 11.5. The molecule has 0 saturated heterocycles. The average molecular weight is 541 g/mol. The number of ether oxygens (including phenoxy) is 2. The van der Waals surface area contributed by atoms with Gasteiger partial charge in [0, 0.05) is 36.8 Å². The molecule has 0 spiro atoms. The second-order valence-electron chi connectivity index (χ2n) is 8.80. The number of amides is 3. The Hall–Kier alpha value is -4.10. The Morgan fingerprint density at radius 3 is 2.32 bits per heavy atom. The maximum absolute atomic E-state index is 12.8. The molecular formula is C27H29ClN4O6. The molecular weight excluding hydrogens is 512 g/mol. The Kier molecular flexibility index (Phi) is 9.68. The van der Waals surface area contributed by atoms with Gasteiger partial charge in [0.1, 0.15) is 11.8 Å². The van der Waals surface area contributed by atoms with Gasteiger partial charge in [0.25, 0.3) is 5.91 Å². The number of nitriles is 1. The van der Waals surface area contributed by atoms with Crippen molar-refractivity contribution in [1.82, 2.24) is 0 Å². The van der Waals surface area contributed by atoms with Gasteiger partial charge in [-0.15, -0.1) is 0 Å². The van der Waals surface area contributed by atoms with Crippen LogP contribution in [-0.4, -0.2) is 42.9 Å². The van der Waals surface area contributed by atoms with E-state index in [0.29, 0.717) is 34.9 Å². The Morgan fingerprint density at radius 1 is 1.11 bits per heavy atom. The van der Waals surface area contributed by atoms with Crippen molar-refractivity contribution in [2.75, 3.05) is 28.7 Å². The van der Waals surface area contributed by atoms with Gasteiger partial charge in [-0.25, -0.2) is 0 Å². The molecule has 0 saturated carbocycles. The fourth-order valence-electron chi connectivity index (χ4n) is 4.04. The highest BCUT2D eigenvalue weighted by molar-refractivity contribution is 6.32. The fraction of sp³-hybridized carbons (Fsp3) is 0.370. The molecule has 0 bridgehead atoms. The van der Waals surface area contributed by atoms with Crippen LogP contribution in [0.2, 0.25) is 5.02 Å². The fourth-order valence-corrected chi connectivity index (χ4v) is 4.27. The van der Waals surface area contributed by atoms with Crippen LogP contribution in [0.5, 0.6) is 5.75 Å². The lowest BCUT2D eigenvalue weighted by atomic mass is 10.0. The van der Waals surface area contributed by atoms with E-state index in [9.17, 15) is 19.2 Å². The molecule has 11 heteroatoms. The first-order valence-electron chi connectivity index (χ1n) is 12.2. The number of rotatable bonds is 10. The van der Waals surface area contributed by atoms with E-state index >= 15 is 0 Å². The maximum atomic E-state index is 12.8. The Bertz CT molecular complexity index is 1270. The summed E-state index contributed by atoms with van der Waals surface area (Å²) < 4.78 is 10.8. The molecule has 0 aliphatic carbocycles. The Balaban J connectivity index is 1.59. The number of likely N-dealkylation sites (N-methyl/N-ethyl adjacent to an activating group) is 1. The molecule has 1 aliphatic heterocycles. The van der Waals surface area contributed by atoms with E-state index in [-0.39, 0.29) is 54.5 Å². The lowest BCUT2D eigenvalue weighted by Gasteiger charge is -2.33. The zero-order valence-corrected chi connectivity index (χ0v) is 22.1. The van der Waals surface area contributed by atoms with E-state index in [1.807, 2.05) is 13.0 Å². The van der Waals surface area contributed by atoms with E-state index in [0.717, 1.165) is 0 Å². The molecule has 1 heterocycles. The predicted molar refractivity (Wildman–Crippen MR) is 142 cm³/mol. The topological polar surface area (TPSA) is 138 Å². The van der Waals surface area contributed by atoms with Crippen LogP contribution < -0.4 is 20.3 Å². The number of anilines is 3. The molecule has 2 N–H and O–H groups in total. The van der Waals surface area contributed by atoms with Gasteiger partial charge in [-0.1, -0.05) is 18.5 Å². The minimum Gasteiger partial charge on any atom is -0.478 e. The summed E-state index contributed by atoms with van der Waals surface area (Å²) in [5.41, 5.74) is 1.78. The van der Waals surface area contributed by atoms with Gasteiger partial charge >= 0.3 is 5.97 Å². The van der Waals surface area contributed by atoms with Crippen LogP contribution in [0.3, 0.4) is 0 Å². The summed E-state index contributed by atoms with van der Waals surface area (Å²) in [5.74, 6) is -1.35. The minimum absolute atomic E-state index is 0.0878. The Morgan fingerprint density at radius 2 is 1.74 bits per heavy atom. The zero-order chi connectivity index (χ0) is 27.8. The smallest absolute Gasteiger partial charge is 0.310 e. The number of nitrogens with one attached hydrogen (secondary N) is 2. The highest BCUT2D eigenvalue weighted by Crippen LogP contribution is 2.37. The molecule has 0 fully saturated rings. The van der Waals surface area contributed by atoms with Gasteiger partial charge in [0.2, 0.25) is 11.8 Å². The minimum atomic E-state index is -1.02. The number of halogens is 1. The second-order valence-corrected chi connectivity index (χ2v) is 9.20. The molecule has 3 amide bonds. The quantitative estimate of drug-likeness (QED) is 0.429. The number of hydrogen-bond acceptors (Lipinski definition) is 7. The van der Waals surface area contributed by atoms with Crippen LogP contribution >= 0.6 is 11.6 Å². The van der Waals surface area contributed by atoms with E-state index in [1.54, 1.807) is 38.1 Å². The van der Waals surface area contributed by atoms with Gasteiger partial charge in [-0.05, 0) is 50.1 Å². The number of hydrogen-bond donors (Lipinski definition) is 2. The Labute approximate surface area is 225 Å². The summed E-state index contributed by atoms with van der Waals surface area (Å²) in [5, 5.41) is 14.7. The molecule has 2 unspecified atom stereocenters. The molecule has 0 aromatic heterocycles. The summed E-state index contributed by atoms with van der Waals surface area (Å²) in [6.07, 6.45) is -1.05. The highest BCUT2D eigenvalue weighted by Gasteiger charge is 2.35. The van der Waals surface area contributed by atoms with Gasteiger partial charge in [-0.2, -0.15) is 5.26 Å². The number of carbonyl (C=O) groups excluding carboxylic acids is 4. The SMILES string of the molecule is CCOC(=O)CC1Oc2cc(NC(=O)CC(C)CC(=O)Nc3ccc(C#N)c(Cl)c3)ccc2N(CC)C1=O. The normalized spacial score (nSPS) is 15.0. The number of carbonyl (C=O) groups is 4. The van der Waals surface area contributed by atoms with Gasteiger partial charge in [0.05, 0.1) is 29.3 Å². The van der Waals surface area contributed by atoms with Crippen LogP contribution in [0.15, 0.2) is 36.4 Å². The van der Waals surface area contributed by atoms with Crippen LogP contribution in [0, 0.1) is 17.2 Å². The predicted octanol–water partition coefficient (Wildman–Crippen LogP) is 4.27. The van der Waals surface area contributed by atoms with Crippen molar-refractivity contribution >= 4 is 52.4 Å². The van der Waals surface area contributed by atoms with E-state index < -0.39 is 12.1 Å². The van der Waals surface area contributed by atoms with E-state index in [1.165, 1.54) is 17.0 Å². The number of fused-ring (bicyclic) bond motifs is 1. The first kappa shape index (κ1) is 28.5. The van der Waals surface area contributed by atoms with Gasteiger partial charge in [0.15, 0.2) is 6.10 Å². The van der Waals surface area contributed by atoms with Crippen molar-refractivity contribution < 1.29 is 28.7 Å². The molecule has 0 radical (unpaired) electrons. The average Bonchev–Trinajstić information content (AvgIpc) is 2.84. The monoisotopic (exact) mass is 540 g/mol. The van der Waals surface area contributed by atoms with Crippen molar-refractivity contribution in [2.24, 2.45) is 5.92 Å². The molecule has 2 aromatic rings. The molecule has 38 heavy (non-hydrogen) atoms. The largest absolute Gasteiger partial charge is 0.478 e. The third-order valence-corrected chi connectivity index (χ3v) is 6.07. The highest BCUT2D eigenvalue weighted by atomic mass is 35.5. The van der Waals surface area contributed by atoms with Crippen molar-refractivity contribution in [2.45, 2.75) is 46.1 Å². The standard InChI is InChI=1S/C27H29ClN4O6/c1-4-32-21-9-8-19(13-22(21)38-23(27(32)36)14-26(35)37-5-2)31-25(34)11-16(3)10-24(33)30-18-7-6-17(15-29)20(28)12-18/h6-9,12-13,16,23H,4-5,10-11,14H2,1-3H3,(H,30,33)(H,31,34). The number of benzene rings is 2. The van der Waals surface area contributed by atoms with Crippen LogP contribution in [0.4, 0.5) is 17.1 Å². The van der Waals surface area contributed by atoms with Crippen molar-refractivity contribution in [3.63, 3.8) is 0 Å². The molecule has 2 aromatic carbocycles. The summed E-state index contributed by atoms with van der Waals surface area (Å²) in [4.78, 5) is 51.2. The van der Waals surface area contributed by atoms with Crippen LogP contribution in [0.25, 0.3) is 0 Å². The lowest BCUT2D eigenvalue weighted by Crippen LogP contribution is -2.46. The summed E-state index contributed by atoms with van der Waals surface area (Å²) >= 11 is 6.00.